The Morgan fingerprint density at radius 3 is 2.47 bits per heavy atom. The van der Waals surface area contributed by atoms with E-state index in [1.807, 2.05) is 13.0 Å². The van der Waals surface area contributed by atoms with E-state index in [1.54, 1.807) is 29.5 Å². The zero-order chi connectivity index (χ0) is 13.8. The van der Waals surface area contributed by atoms with Gasteiger partial charge in [0.05, 0.1) is 9.35 Å². The minimum atomic E-state index is -0.0930. The molecule has 0 fully saturated rings. The fourth-order valence-corrected chi connectivity index (χ4v) is 3.47. The van der Waals surface area contributed by atoms with Gasteiger partial charge in [-0.25, -0.2) is 0 Å². The molecule has 0 aliphatic heterocycles. The van der Waals surface area contributed by atoms with Crippen molar-refractivity contribution in [2.45, 2.75) is 19.4 Å². The minimum Gasteiger partial charge on any atom is -0.507 e. The van der Waals surface area contributed by atoms with Gasteiger partial charge in [-0.1, -0.05) is 6.07 Å². The Morgan fingerprint density at radius 2 is 1.89 bits per heavy atom. The second-order valence-corrected chi connectivity index (χ2v) is 6.89. The number of hydrogen-bond donors (Lipinski definition) is 3. The lowest BCUT2D eigenvalue weighted by Gasteiger charge is -2.16. The second-order valence-electron chi connectivity index (χ2n) is 4.34. The van der Waals surface area contributed by atoms with E-state index in [4.69, 9.17) is 0 Å². The number of rotatable bonds is 5. The molecule has 0 aliphatic carbocycles. The molecule has 0 aliphatic rings. The highest BCUT2D eigenvalue weighted by atomic mass is 79.9. The fraction of sp³-hybridized carbons (Fsp3) is 0.286. The first-order chi connectivity index (χ1) is 9.08. The highest BCUT2D eigenvalue weighted by molar-refractivity contribution is 9.11. The minimum absolute atomic E-state index is 0.0930. The van der Waals surface area contributed by atoms with Crippen molar-refractivity contribution >= 4 is 27.3 Å². The molecule has 3 nitrogen and oxygen atoms in total. The van der Waals surface area contributed by atoms with Crippen molar-refractivity contribution in [3.05, 3.63) is 44.6 Å². The number of aromatic hydroxyl groups is 2. The molecule has 0 saturated heterocycles. The van der Waals surface area contributed by atoms with Gasteiger partial charge in [0.2, 0.25) is 0 Å². The Hall–Kier alpha value is -1.04. The molecule has 0 radical (unpaired) electrons. The lowest BCUT2D eigenvalue weighted by atomic mass is 10.1. The molecule has 1 heterocycles. The summed E-state index contributed by atoms with van der Waals surface area (Å²) in [6, 6.07) is 8.85. The summed E-state index contributed by atoms with van der Waals surface area (Å²) in [6.07, 6.45) is 0.926. The average Bonchev–Trinajstić information content (AvgIpc) is 2.75. The Balaban J connectivity index is 1.92. The van der Waals surface area contributed by atoms with Crippen molar-refractivity contribution < 1.29 is 10.2 Å². The normalized spacial score (nSPS) is 12.5. The van der Waals surface area contributed by atoms with Crippen LogP contribution in [0.25, 0.3) is 0 Å². The molecule has 3 N–H and O–H groups in total. The zero-order valence-corrected chi connectivity index (χ0v) is 13.0. The van der Waals surface area contributed by atoms with Crippen LogP contribution in [0.2, 0.25) is 0 Å². The van der Waals surface area contributed by atoms with Gasteiger partial charge >= 0.3 is 0 Å². The average molecular weight is 342 g/mol. The van der Waals surface area contributed by atoms with Crippen LogP contribution in [0.3, 0.4) is 0 Å². The predicted molar refractivity (Wildman–Crippen MR) is 81.9 cm³/mol. The standard InChI is InChI=1S/C14H16BrNO2S/c1-9(14-11(17)3-2-4-12(14)18)16-8-7-10-5-6-13(15)19-10/h2-6,9,16-18H,7-8H2,1H3. The van der Waals surface area contributed by atoms with Crippen LogP contribution in [0.5, 0.6) is 11.5 Å². The summed E-state index contributed by atoms with van der Waals surface area (Å²) < 4.78 is 1.13. The summed E-state index contributed by atoms with van der Waals surface area (Å²) in [5.74, 6) is 0.248. The number of benzene rings is 1. The molecule has 0 spiro atoms. The monoisotopic (exact) mass is 341 g/mol. The van der Waals surface area contributed by atoms with Gasteiger partial charge in [-0.3, -0.25) is 0 Å². The molecule has 5 heteroatoms. The first-order valence-electron chi connectivity index (χ1n) is 6.06. The quantitative estimate of drug-likeness (QED) is 0.774. The first kappa shape index (κ1) is 14.4. The van der Waals surface area contributed by atoms with E-state index >= 15 is 0 Å². The Bertz CT molecular complexity index is 536. The molecule has 0 bridgehead atoms. The van der Waals surface area contributed by atoms with Crippen LogP contribution in [0.4, 0.5) is 0 Å². The number of phenols is 2. The number of nitrogens with one attached hydrogen (secondary N) is 1. The second kappa shape index (κ2) is 6.41. The third-order valence-corrected chi connectivity index (χ3v) is 4.63. The molecule has 1 unspecified atom stereocenters. The smallest absolute Gasteiger partial charge is 0.124 e. The molecule has 0 saturated carbocycles. The number of thiophene rings is 1. The van der Waals surface area contributed by atoms with Crippen molar-refractivity contribution in [2.24, 2.45) is 0 Å². The lowest BCUT2D eigenvalue weighted by molar-refractivity contribution is 0.419. The van der Waals surface area contributed by atoms with Crippen LogP contribution in [0.1, 0.15) is 23.4 Å². The van der Waals surface area contributed by atoms with Gasteiger partial charge in [-0.15, -0.1) is 11.3 Å². The topological polar surface area (TPSA) is 52.5 Å². The molecule has 2 aromatic rings. The molecule has 19 heavy (non-hydrogen) atoms. The maximum Gasteiger partial charge on any atom is 0.124 e. The first-order valence-corrected chi connectivity index (χ1v) is 7.67. The SMILES string of the molecule is CC(NCCc1ccc(Br)s1)c1c(O)cccc1O. The summed E-state index contributed by atoms with van der Waals surface area (Å²) in [5, 5.41) is 22.9. The molecule has 102 valence electrons. The zero-order valence-electron chi connectivity index (χ0n) is 10.6. The summed E-state index contributed by atoms with van der Waals surface area (Å²) in [4.78, 5) is 1.30. The van der Waals surface area contributed by atoms with Crippen LogP contribution in [-0.2, 0) is 6.42 Å². The van der Waals surface area contributed by atoms with E-state index in [1.165, 1.54) is 4.88 Å². The van der Waals surface area contributed by atoms with Gasteiger partial charge in [-0.05, 0) is 53.5 Å². The van der Waals surface area contributed by atoms with Gasteiger partial charge in [0.1, 0.15) is 11.5 Å². The van der Waals surface area contributed by atoms with E-state index in [9.17, 15) is 10.2 Å². The van der Waals surface area contributed by atoms with Gasteiger partial charge in [0.25, 0.3) is 0 Å². The van der Waals surface area contributed by atoms with Crippen molar-refractivity contribution in [3.63, 3.8) is 0 Å². The van der Waals surface area contributed by atoms with Crippen LogP contribution < -0.4 is 5.32 Å². The van der Waals surface area contributed by atoms with Crippen LogP contribution in [0.15, 0.2) is 34.1 Å². The van der Waals surface area contributed by atoms with E-state index < -0.39 is 0 Å². The summed E-state index contributed by atoms with van der Waals surface area (Å²) in [5.41, 5.74) is 0.551. The van der Waals surface area contributed by atoms with Crippen LogP contribution >= 0.6 is 27.3 Å². The number of hydrogen-bond acceptors (Lipinski definition) is 4. The summed E-state index contributed by atoms with van der Waals surface area (Å²) in [6.45, 7) is 2.72. The number of halogens is 1. The third-order valence-electron chi connectivity index (χ3n) is 2.94. The van der Waals surface area contributed by atoms with Crippen molar-refractivity contribution in [1.82, 2.24) is 5.32 Å². The highest BCUT2D eigenvalue weighted by Gasteiger charge is 2.14. The molecule has 1 aromatic carbocycles. The third kappa shape index (κ3) is 3.72. The maximum absolute atomic E-state index is 9.78. The molecular weight excluding hydrogens is 326 g/mol. The highest BCUT2D eigenvalue weighted by Crippen LogP contribution is 2.32. The van der Waals surface area contributed by atoms with Crippen molar-refractivity contribution in [2.75, 3.05) is 6.54 Å². The summed E-state index contributed by atoms with van der Waals surface area (Å²) in [7, 11) is 0. The molecule has 2 rings (SSSR count). The largest absolute Gasteiger partial charge is 0.507 e. The number of phenolic OH excluding ortho intramolecular Hbond substituents is 2. The maximum atomic E-state index is 9.78. The molecule has 1 aromatic heterocycles. The van der Waals surface area contributed by atoms with Crippen LogP contribution in [-0.4, -0.2) is 16.8 Å². The van der Waals surface area contributed by atoms with E-state index in [-0.39, 0.29) is 17.5 Å². The Labute approximate surface area is 125 Å². The van der Waals surface area contributed by atoms with E-state index in [0.29, 0.717) is 5.56 Å². The van der Waals surface area contributed by atoms with Crippen LogP contribution in [0, 0.1) is 0 Å². The molecule has 0 amide bonds. The van der Waals surface area contributed by atoms with E-state index in [2.05, 4.69) is 27.3 Å². The van der Waals surface area contributed by atoms with E-state index in [0.717, 1.165) is 16.8 Å². The Kier molecular flexibility index (Phi) is 4.85. The fourth-order valence-electron chi connectivity index (χ4n) is 1.98. The van der Waals surface area contributed by atoms with Gasteiger partial charge in [0.15, 0.2) is 0 Å². The molecule has 1 atom stereocenters. The van der Waals surface area contributed by atoms with Crippen molar-refractivity contribution in [1.29, 1.82) is 0 Å². The van der Waals surface area contributed by atoms with Gasteiger partial charge in [-0.2, -0.15) is 0 Å². The predicted octanol–water partition coefficient (Wildman–Crippen LogP) is 3.82. The van der Waals surface area contributed by atoms with Gasteiger partial charge < -0.3 is 15.5 Å². The molecular formula is C14H16BrNO2S. The summed E-state index contributed by atoms with van der Waals surface area (Å²) >= 11 is 5.16. The Morgan fingerprint density at radius 1 is 1.21 bits per heavy atom. The van der Waals surface area contributed by atoms with Gasteiger partial charge in [0, 0.05) is 17.5 Å². The van der Waals surface area contributed by atoms with Crippen molar-refractivity contribution in [3.8, 4) is 11.5 Å². The lowest BCUT2D eigenvalue weighted by Crippen LogP contribution is -2.21.